The molecule has 1 fully saturated rings. The topological polar surface area (TPSA) is 29.3 Å². The van der Waals surface area contributed by atoms with Gasteiger partial charge in [-0.3, -0.25) is 0 Å². The first-order chi connectivity index (χ1) is 9.14. The highest BCUT2D eigenvalue weighted by Crippen LogP contribution is 2.39. The van der Waals surface area contributed by atoms with Gasteiger partial charge in [0.1, 0.15) is 0 Å². The largest absolute Gasteiger partial charge is 0.371 e. The SMILES string of the molecule is CCC(N)c1ccc(N2CCC(CC)(CC)C2)cc1. The molecule has 1 heterocycles. The summed E-state index contributed by atoms with van der Waals surface area (Å²) in [6, 6.07) is 9.05. The molecule has 0 aromatic heterocycles. The maximum Gasteiger partial charge on any atom is 0.0366 e. The Labute approximate surface area is 118 Å². The number of anilines is 1. The highest BCUT2D eigenvalue weighted by molar-refractivity contribution is 5.49. The summed E-state index contributed by atoms with van der Waals surface area (Å²) in [6.45, 7) is 9.20. The third-order valence-electron chi connectivity index (χ3n) is 5.06. The Kier molecular flexibility index (Phi) is 4.51. The first-order valence-corrected chi connectivity index (χ1v) is 7.74. The molecule has 1 aliphatic heterocycles. The summed E-state index contributed by atoms with van der Waals surface area (Å²) < 4.78 is 0. The van der Waals surface area contributed by atoms with Gasteiger partial charge in [-0.2, -0.15) is 0 Å². The van der Waals surface area contributed by atoms with E-state index >= 15 is 0 Å². The van der Waals surface area contributed by atoms with E-state index in [1.165, 1.54) is 43.6 Å². The highest BCUT2D eigenvalue weighted by Gasteiger charge is 2.34. The molecule has 2 rings (SSSR count). The molecule has 1 unspecified atom stereocenters. The van der Waals surface area contributed by atoms with Crippen molar-refractivity contribution in [1.82, 2.24) is 0 Å². The second-order valence-electron chi connectivity index (χ2n) is 5.98. The van der Waals surface area contributed by atoms with E-state index in [9.17, 15) is 0 Å². The van der Waals surface area contributed by atoms with Crippen molar-refractivity contribution >= 4 is 5.69 Å². The Morgan fingerprint density at radius 2 is 1.79 bits per heavy atom. The van der Waals surface area contributed by atoms with Crippen molar-refractivity contribution in [2.24, 2.45) is 11.1 Å². The fourth-order valence-corrected chi connectivity index (χ4v) is 3.15. The second-order valence-corrected chi connectivity index (χ2v) is 5.98. The summed E-state index contributed by atoms with van der Waals surface area (Å²) in [4.78, 5) is 2.54. The van der Waals surface area contributed by atoms with E-state index < -0.39 is 0 Å². The molecule has 2 heteroatoms. The number of benzene rings is 1. The molecular weight excluding hydrogens is 232 g/mol. The predicted octanol–water partition coefficient (Wildman–Crippen LogP) is 4.11. The van der Waals surface area contributed by atoms with Crippen LogP contribution in [-0.4, -0.2) is 13.1 Å². The number of rotatable bonds is 5. The van der Waals surface area contributed by atoms with E-state index in [1.54, 1.807) is 0 Å². The normalized spacial score (nSPS) is 19.7. The number of hydrogen-bond acceptors (Lipinski definition) is 2. The minimum atomic E-state index is 0.179. The molecule has 0 bridgehead atoms. The minimum Gasteiger partial charge on any atom is -0.371 e. The van der Waals surface area contributed by atoms with Gasteiger partial charge in [-0.05, 0) is 48.8 Å². The lowest BCUT2D eigenvalue weighted by molar-refractivity contribution is 0.301. The molecule has 0 amide bonds. The molecule has 2 N–H and O–H groups in total. The van der Waals surface area contributed by atoms with Gasteiger partial charge in [-0.15, -0.1) is 0 Å². The van der Waals surface area contributed by atoms with Crippen LogP contribution in [0.3, 0.4) is 0 Å². The monoisotopic (exact) mass is 260 g/mol. The molecule has 0 aliphatic carbocycles. The van der Waals surface area contributed by atoms with E-state index in [0.717, 1.165) is 6.42 Å². The number of hydrogen-bond donors (Lipinski definition) is 1. The molecule has 1 aromatic rings. The minimum absolute atomic E-state index is 0.179. The van der Waals surface area contributed by atoms with Crippen molar-refractivity contribution in [1.29, 1.82) is 0 Å². The fraction of sp³-hybridized carbons (Fsp3) is 0.647. The predicted molar refractivity (Wildman–Crippen MR) is 83.5 cm³/mol. The third kappa shape index (κ3) is 2.94. The Morgan fingerprint density at radius 3 is 2.26 bits per heavy atom. The molecule has 0 saturated carbocycles. The number of nitrogens with zero attached hydrogens (tertiary/aromatic N) is 1. The van der Waals surface area contributed by atoms with Gasteiger partial charge in [0.25, 0.3) is 0 Å². The lowest BCUT2D eigenvalue weighted by atomic mass is 9.82. The molecule has 1 aliphatic rings. The average molecular weight is 260 g/mol. The van der Waals surface area contributed by atoms with Gasteiger partial charge in [-0.25, -0.2) is 0 Å². The zero-order chi connectivity index (χ0) is 13.9. The third-order valence-corrected chi connectivity index (χ3v) is 5.06. The van der Waals surface area contributed by atoms with Gasteiger partial charge in [0.15, 0.2) is 0 Å². The lowest BCUT2D eigenvalue weighted by Crippen LogP contribution is -2.26. The lowest BCUT2D eigenvalue weighted by Gasteiger charge is -2.27. The smallest absolute Gasteiger partial charge is 0.0366 e. The van der Waals surface area contributed by atoms with E-state index in [-0.39, 0.29) is 6.04 Å². The Morgan fingerprint density at radius 1 is 1.16 bits per heavy atom. The van der Waals surface area contributed by atoms with Crippen molar-refractivity contribution in [3.63, 3.8) is 0 Å². The molecule has 0 radical (unpaired) electrons. The first kappa shape index (κ1) is 14.4. The fourth-order valence-electron chi connectivity index (χ4n) is 3.15. The van der Waals surface area contributed by atoms with Crippen LogP contribution in [0.2, 0.25) is 0 Å². The molecule has 106 valence electrons. The van der Waals surface area contributed by atoms with Crippen molar-refractivity contribution < 1.29 is 0 Å². The zero-order valence-corrected chi connectivity index (χ0v) is 12.7. The van der Waals surface area contributed by atoms with E-state index in [4.69, 9.17) is 5.73 Å². The van der Waals surface area contributed by atoms with Crippen molar-refractivity contribution in [3.05, 3.63) is 29.8 Å². The van der Waals surface area contributed by atoms with Crippen LogP contribution in [0.25, 0.3) is 0 Å². The summed E-state index contributed by atoms with van der Waals surface area (Å²) >= 11 is 0. The van der Waals surface area contributed by atoms with E-state index in [1.807, 2.05) is 0 Å². The summed E-state index contributed by atoms with van der Waals surface area (Å²) in [5.74, 6) is 0. The molecule has 1 aromatic carbocycles. The van der Waals surface area contributed by atoms with Crippen LogP contribution in [0.4, 0.5) is 5.69 Å². The van der Waals surface area contributed by atoms with E-state index in [0.29, 0.717) is 5.41 Å². The molecule has 19 heavy (non-hydrogen) atoms. The van der Waals surface area contributed by atoms with Crippen LogP contribution in [0, 0.1) is 5.41 Å². The van der Waals surface area contributed by atoms with Gasteiger partial charge in [0, 0.05) is 24.8 Å². The van der Waals surface area contributed by atoms with E-state index in [2.05, 4.69) is 49.9 Å². The maximum atomic E-state index is 6.07. The van der Waals surface area contributed by atoms with Crippen molar-refractivity contribution in [2.75, 3.05) is 18.0 Å². The quantitative estimate of drug-likeness (QED) is 0.863. The van der Waals surface area contributed by atoms with Crippen LogP contribution in [-0.2, 0) is 0 Å². The molecule has 1 saturated heterocycles. The average Bonchev–Trinajstić information content (AvgIpc) is 2.92. The Hall–Kier alpha value is -1.02. The molecule has 2 nitrogen and oxygen atoms in total. The number of nitrogens with two attached hydrogens (primary N) is 1. The maximum absolute atomic E-state index is 6.07. The Bertz CT molecular complexity index is 392. The van der Waals surface area contributed by atoms with Gasteiger partial charge in [0.05, 0.1) is 0 Å². The summed E-state index contributed by atoms with van der Waals surface area (Å²) in [5.41, 5.74) is 9.22. The molecule has 1 atom stereocenters. The van der Waals surface area contributed by atoms with Gasteiger partial charge in [0.2, 0.25) is 0 Å². The van der Waals surface area contributed by atoms with Crippen LogP contribution in [0.1, 0.15) is 58.1 Å². The van der Waals surface area contributed by atoms with Crippen LogP contribution in [0.15, 0.2) is 24.3 Å². The van der Waals surface area contributed by atoms with Crippen molar-refractivity contribution in [2.45, 2.75) is 52.5 Å². The highest BCUT2D eigenvalue weighted by atomic mass is 15.2. The van der Waals surface area contributed by atoms with Crippen LogP contribution in [0.5, 0.6) is 0 Å². The standard InChI is InChI=1S/C17H28N2/c1-4-16(18)14-7-9-15(10-8-14)19-12-11-17(5-2,6-3)13-19/h7-10,16H,4-6,11-13,18H2,1-3H3. The van der Waals surface area contributed by atoms with Gasteiger partial charge in [-0.1, -0.05) is 32.9 Å². The first-order valence-electron chi connectivity index (χ1n) is 7.74. The van der Waals surface area contributed by atoms with Gasteiger partial charge < -0.3 is 10.6 Å². The second kappa shape index (κ2) is 5.96. The summed E-state index contributed by atoms with van der Waals surface area (Å²) in [7, 11) is 0. The van der Waals surface area contributed by atoms with Gasteiger partial charge >= 0.3 is 0 Å². The Balaban J connectivity index is 2.08. The van der Waals surface area contributed by atoms with Crippen molar-refractivity contribution in [3.8, 4) is 0 Å². The summed E-state index contributed by atoms with van der Waals surface area (Å²) in [6.07, 6.45) is 4.91. The molecular formula is C17H28N2. The summed E-state index contributed by atoms with van der Waals surface area (Å²) in [5, 5.41) is 0. The van der Waals surface area contributed by atoms with Crippen LogP contribution < -0.4 is 10.6 Å². The zero-order valence-electron chi connectivity index (χ0n) is 12.7. The van der Waals surface area contributed by atoms with Crippen LogP contribution >= 0.6 is 0 Å². The molecule has 0 spiro atoms.